The molecule has 4 aliphatic rings. The third-order valence-electron chi connectivity index (χ3n) is 6.94. The van der Waals surface area contributed by atoms with Gasteiger partial charge in [-0.1, -0.05) is 13.0 Å². The first kappa shape index (κ1) is 15.0. The molecule has 4 atom stereocenters. The molecule has 21 heavy (non-hydrogen) atoms. The Balaban J connectivity index is 2.03. The van der Waals surface area contributed by atoms with Gasteiger partial charge in [-0.3, -0.25) is 9.59 Å². The Morgan fingerprint density at radius 1 is 1.10 bits per heavy atom. The van der Waals surface area contributed by atoms with Crippen LogP contribution in [0.2, 0.25) is 0 Å². The number of hydrogen-bond acceptors (Lipinski definition) is 2. The summed E-state index contributed by atoms with van der Waals surface area (Å²) in [4.78, 5) is 25.2. The van der Waals surface area contributed by atoms with Crippen LogP contribution in [-0.2, 0) is 9.59 Å². The largest absolute Gasteiger partial charge is 0.300 e. The fourth-order valence-corrected chi connectivity index (χ4v) is 5.99. The van der Waals surface area contributed by atoms with Crippen LogP contribution in [-0.4, -0.2) is 11.6 Å². The fourth-order valence-electron chi connectivity index (χ4n) is 5.99. The maximum absolute atomic E-state index is 13.0. The van der Waals surface area contributed by atoms with E-state index >= 15 is 0 Å². The molecule has 4 bridgehead atoms. The summed E-state index contributed by atoms with van der Waals surface area (Å²) in [6.45, 7) is 7.69. The molecule has 0 spiro atoms. The number of ketones is 2. The van der Waals surface area contributed by atoms with Gasteiger partial charge in [0.1, 0.15) is 5.78 Å². The van der Waals surface area contributed by atoms with Crippen molar-refractivity contribution in [3.8, 4) is 0 Å². The maximum atomic E-state index is 13.0. The van der Waals surface area contributed by atoms with Crippen molar-refractivity contribution in [2.45, 2.75) is 59.8 Å². The quantitative estimate of drug-likeness (QED) is 0.727. The second-order valence-corrected chi connectivity index (χ2v) is 7.99. The van der Waals surface area contributed by atoms with Gasteiger partial charge in [0.15, 0.2) is 5.78 Å². The molecule has 4 rings (SSSR count). The van der Waals surface area contributed by atoms with Crippen LogP contribution >= 0.6 is 0 Å². The molecule has 0 radical (unpaired) electrons. The summed E-state index contributed by atoms with van der Waals surface area (Å²) in [5, 5.41) is 0. The van der Waals surface area contributed by atoms with Crippen molar-refractivity contribution >= 4 is 11.6 Å². The van der Waals surface area contributed by atoms with E-state index in [2.05, 4.69) is 6.92 Å². The Hall–Kier alpha value is -0.920. The Morgan fingerprint density at radius 3 is 2.14 bits per heavy atom. The van der Waals surface area contributed by atoms with Crippen LogP contribution in [0.25, 0.3) is 0 Å². The molecule has 0 N–H and O–H groups in total. The molecule has 0 saturated heterocycles. The van der Waals surface area contributed by atoms with Crippen LogP contribution in [0, 0.1) is 35.0 Å². The average Bonchev–Trinajstić information content (AvgIpc) is 2.43. The minimum atomic E-state index is -0.0397. The van der Waals surface area contributed by atoms with Crippen molar-refractivity contribution in [2.75, 3.05) is 0 Å². The summed E-state index contributed by atoms with van der Waals surface area (Å²) in [7, 11) is 0. The number of hydrogen-bond donors (Lipinski definition) is 0. The SMILES string of the molecule is C/C=C(\C)C(=O)C1C2CC3CC(C2)CC1(C(C)C(C)=O)C3. The van der Waals surface area contributed by atoms with Gasteiger partial charge in [-0.2, -0.15) is 0 Å². The number of Topliss-reactive ketones (excluding diaryl/α,β-unsaturated/α-hetero) is 2. The van der Waals surface area contributed by atoms with E-state index in [-0.39, 0.29) is 23.0 Å². The molecule has 0 aromatic rings. The van der Waals surface area contributed by atoms with Crippen LogP contribution in [0.4, 0.5) is 0 Å². The van der Waals surface area contributed by atoms with Crippen molar-refractivity contribution in [2.24, 2.45) is 35.0 Å². The molecule has 0 aromatic heterocycles. The third-order valence-corrected chi connectivity index (χ3v) is 6.94. The van der Waals surface area contributed by atoms with E-state index in [9.17, 15) is 9.59 Å². The molecular weight excluding hydrogens is 260 g/mol. The van der Waals surface area contributed by atoms with Crippen LogP contribution in [0.1, 0.15) is 59.8 Å². The number of carbonyl (C=O) groups is 2. The molecule has 4 saturated carbocycles. The second-order valence-electron chi connectivity index (χ2n) is 7.99. The lowest BCUT2D eigenvalue weighted by Crippen LogP contribution is -2.58. The van der Waals surface area contributed by atoms with E-state index in [1.165, 1.54) is 19.3 Å². The summed E-state index contributed by atoms with van der Waals surface area (Å²) >= 11 is 0. The van der Waals surface area contributed by atoms with Gasteiger partial charge in [-0.15, -0.1) is 0 Å². The molecule has 4 aliphatic carbocycles. The number of allylic oxidation sites excluding steroid dienone is 2. The first-order valence-electron chi connectivity index (χ1n) is 8.56. The van der Waals surface area contributed by atoms with Gasteiger partial charge in [0.05, 0.1) is 0 Å². The van der Waals surface area contributed by atoms with Gasteiger partial charge in [0, 0.05) is 11.8 Å². The summed E-state index contributed by atoms with van der Waals surface area (Å²) in [5.41, 5.74) is 0.852. The highest BCUT2D eigenvalue weighted by molar-refractivity contribution is 5.98. The van der Waals surface area contributed by atoms with E-state index < -0.39 is 0 Å². The summed E-state index contributed by atoms with van der Waals surface area (Å²) < 4.78 is 0. The number of rotatable bonds is 4. The second kappa shape index (κ2) is 5.07. The Kier molecular flexibility index (Phi) is 3.62. The standard InChI is InChI=1S/C19H28O2/c1-5-11(2)18(21)17-16-7-14-6-15(8-16)10-19(17,9-14)12(3)13(4)20/h5,12,14-17H,6-10H2,1-4H3/b11-5+. The predicted octanol–water partition coefficient (Wildman–Crippen LogP) is 4.19. The first-order chi connectivity index (χ1) is 9.89. The highest BCUT2D eigenvalue weighted by atomic mass is 16.1. The highest BCUT2D eigenvalue weighted by Gasteiger charge is 2.61. The van der Waals surface area contributed by atoms with Crippen molar-refractivity contribution in [1.82, 2.24) is 0 Å². The Morgan fingerprint density at radius 2 is 1.67 bits per heavy atom. The molecule has 0 heterocycles. The number of carbonyl (C=O) groups excluding carboxylic acids is 2. The lowest BCUT2D eigenvalue weighted by atomic mass is 9.41. The van der Waals surface area contributed by atoms with Crippen molar-refractivity contribution in [1.29, 1.82) is 0 Å². The van der Waals surface area contributed by atoms with Crippen LogP contribution in [0.5, 0.6) is 0 Å². The molecule has 0 amide bonds. The van der Waals surface area contributed by atoms with E-state index in [0.29, 0.717) is 11.7 Å². The van der Waals surface area contributed by atoms with Crippen LogP contribution in [0.15, 0.2) is 11.6 Å². The maximum Gasteiger partial charge on any atom is 0.162 e. The molecule has 4 fully saturated rings. The predicted molar refractivity (Wildman–Crippen MR) is 83.8 cm³/mol. The normalized spacial score (nSPS) is 43.0. The zero-order valence-electron chi connectivity index (χ0n) is 13.8. The van der Waals surface area contributed by atoms with Gasteiger partial charge >= 0.3 is 0 Å². The van der Waals surface area contributed by atoms with Gasteiger partial charge < -0.3 is 0 Å². The summed E-state index contributed by atoms with van der Waals surface area (Å²) in [5.74, 6) is 2.78. The van der Waals surface area contributed by atoms with E-state index in [1.807, 2.05) is 19.9 Å². The lowest BCUT2D eigenvalue weighted by molar-refractivity contribution is -0.163. The molecule has 2 heteroatoms. The molecule has 116 valence electrons. The lowest BCUT2D eigenvalue weighted by Gasteiger charge is -2.62. The zero-order chi connectivity index (χ0) is 15.4. The molecule has 0 aliphatic heterocycles. The topological polar surface area (TPSA) is 34.1 Å². The van der Waals surface area contributed by atoms with Crippen molar-refractivity contribution < 1.29 is 9.59 Å². The van der Waals surface area contributed by atoms with Crippen molar-refractivity contribution in [3.63, 3.8) is 0 Å². The monoisotopic (exact) mass is 288 g/mol. The van der Waals surface area contributed by atoms with Gasteiger partial charge in [0.25, 0.3) is 0 Å². The highest BCUT2D eigenvalue weighted by Crippen LogP contribution is 2.66. The van der Waals surface area contributed by atoms with E-state index in [4.69, 9.17) is 0 Å². The van der Waals surface area contributed by atoms with E-state index in [1.54, 1.807) is 6.92 Å². The average molecular weight is 288 g/mol. The van der Waals surface area contributed by atoms with Crippen LogP contribution in [0.3, 0.4) is 0 Å². The van der Waals surface area contributed by atoms with E-state index in [0.717, 1.165) is 30.3 Å². The minimum Gasteiger partial charge on any atom is -0.300 e. The van der Waals surface area contributed by atoms with Gasteiger partial charge in [-0.25, -0.2) is 0 Å². The van der Waals surface area contributed by atoms with Gasteiger partial charge in [0.2, 0.25) is 0 Å². The first-order valence-corrected chi connectivity index (χ1v) is 8.56. The smallest absolute Gasteiger partial charge is 0.162 e. The van der Waals surface area contributed by atoms with Crippen LogP contribution < -0.4 is 0 Å². The summed E-state index contributed by atoms with van der Waals surface area (Å²) in [6.07, 6.45) is 7.93. The Labute approximate surface area is 128 Å². The van der Waals surface area contributed by atoms with Gasteiger partial charge in [-0.05, 0) is 81.6 Å². The third kappa shape index (κ3) is 2.13. The summed E-state index contributed by atoms with van der Waals surface area (Å²) in [6, 6.07) is 0. The minimum absolute atomic E-state index is 0.0320. The molecular formula is C19H28O2. The molecule has 0 aromatic carbocycles. The zero-order valence-corrected chi connectivity index (χ0v) is 13.8. The van der Waals surface area contributed by atoms with Crippen molar-refractivity contribution in [3.05, 3.63) is 11.6 Å². The molecule has 2 nitrogen and oxygen atoms in total. The fraction of sp³-hybridized carbons (Fsp3) is 0.789. The Bertz CT molecular complexity index is 488. The molecule has 4 unspecified atom stereocenters.